The smallest absolute Gasteiger partial charge is 0.156 e. The zero-order valence-electron chi connectivity index (χ0n) is 31.5. The minimum absolute atomic E-state index is 0.127. The largest absolute Gasteiger partial charge is 0.454 e. The second kappa shape index (κ2) is 12.1. The van der Waals surface area contributed by atoms with Crippen LogP contribution in [0.5, 0.6) is 11.5 Å². The van der Waals surface area contributed by atoms with Crippen LogP contribution in [0.4, 0.5) is 11.4 Å². The number of aromatic nitrogens is 1. The molecule has 1 unspecified atom stereocenters. The lowest BCUT2D eigenvalue weighted by Gasteiger charge is -2.45. The Labute approximate surface area is 327 Å². The maximum Gasteiger partial charge on any atom is 0.156 e. The first-order valence-electron chi connectivity index (χ1n) is 19.5. The van der Waals surface area contributed by atoms with Crippen molar-refractivity contribution in [3.8, 4) is 17.2 Å². The number of anilines is 2. The van der Waals surface area contributed by atoms with Crippen molar-refractivity contribution in [2.75, 3.05) is 4.90 Å². The molecule has 1 aliphatic carbocycles. The summed E-state index contributed by atoms with van der Waals surface area (Å²) < 4.78 is 9.75. The highest BCUT2D eigenvalue weighted by Crippen LogP contribution is 2.62. The number of ether oxygens (including phenoxy) is 1. The lowest BCUT2D eigenvalue weighted by Crippen LogP contribution is -2.38. The van der Waals surface area contributed by atoms with E-state index in [0.29, 0.717) is 0 Å². The highest BCUT2D eigenvalue weighted by molar-refractivity contribution is 6.12. The Hall–Kier alpha value is -6.84. The molecule has 1 aromatic heterocycles. The van der Waals surface area contributed by atoms with Crippen LogP contribution in [0.1, 0.15) is 47.2 Å². The summed E-state index contributed by atoms with van der Waals surface area (Å²) in [5, 5.41) is 2.51. The van der Waals surface area contributed by atoms with E-state index in [9.17, 15) is 0 Å². The predicted molar refractivity (Wildman–Crippen MR) is 231 cm³/mol. The molecule has 2 aliphatic heterocycles. The van der Waals surface area contributed by atoms with E-state index >= 15 is 0 Å². The van der Waals surface area contributed by atoms with Crippen molar-refractivity contribution in [1.29, 1.82) is 0 Å². The average Bonchev–Trinajstić information content (AvgIpc) is 3.71. The number of benzene rings is 7. The molecule has 0 amide bonds. The van der Waals surface area contributed by atoms with Crippen molar-refractivity contribution in [3.05, 3.63) is 233 Å². The van der Waals surface area contributed by atoms with Crippen LogP contribution in [0.3, 0.4) is 0 Å². The fraction of sp³-hybridized carbons (Fsp3) is 0.0943. The topological polar surface area (TPSA) is 17.4 Å². The molecule has 0 saturated heterocycles. The number of allylic oxidation sites excluding steroid dienone is 4. The molecule has 7 aromatic carbocycles. The van der Waals surface area contributed by atoms with E-state index in [1.165, 1.54) is 55.3 Å². The quantitative estimate of drug-likeness (QED) is 0.165. The Bertz CT molecular complexity index is 2980. The van der Waals surface area contributed by atoms with Gasteiger partial charge in [0.1, 0.15) is 5.75 Å². The van der Waals surface area contributed by atoms with Crippen LogP contribution < -0.4 is 9.64 Å². The van der Waals surface area contributed by atoms with Crippen LogP contribution >= 0.6 is 0 Å². The molecule has 3 nitrogen and oxygen atoms in total. The minimum atomic E-state index is -0.668. The van der Waals surface area contributed by atoms with Crippen LogP contribution in [0.25, 0.3) is 27.5 Å². The van der Waals surface area contributed by atoms with Crippen LogP contribution in [0, 0.1) is 0 Å². The lowest BCUT2D eigenvalue weighted by molar-refractivity contribution is 0.435. The van der Waals surface area contributed by atoms with Crippen molar-refractivity contribution in [2.45, 2.75) is 31.1 Å². The summed E-state index contributed by atoms with van der Waals surface area (Å²) in [5.41, 5.74) is 14.8. The predicted octanol–water partition coefficient (Wildman–Crippen LogP) is 13.3. The van der Waals surface area contributed by atoms with E-state index in [1.807, 2.05) is 6.08 Å². The number of fused-ring (bicyclic) bond motifs is 12. The third-order valence-corrected chi connectivity index (χ3v) is 12.5. The molecule has 1 atom stereocenters. The first-order chi connectivity index (χ1) is 27.5. The van der Waals surface area contributed by atoms with Crippen LogP contribution in [0.15, 0.2) is 200 Å². The maximum atomic E-state index is 7.26. The highest BCUT2D eigenvalue weighted by atomic mass is 16.5. The van der Waals surface area contributed by atoms with Gasteiger partial charge in [-0.15, -0.1) is 0 Å². The molecule has 0 N–H and O–H groups in total. The number of para-hydroxylation sites is 6. The average molecular weight is 721 g/mol. The molecule has 11 rings (SSSR count). The molecule has 0 fully saturated rings. The van der Waals surface area contributed by atoms with Crippen LogP contribution in [0.2, 0.25) is 0 Å². The van der Waals surface area contributed by atoms with Gasteiger partial charge in [-0.1, -0.05) is 159 Å². The van der Waals surface area contributed by atoms with E-state index in [2.05, 4.69) is 206 Å². The molecule has 1 spiro atoms. The zero-order valence-corrected chi connectivity index (χ0v) is 31.5. The van der Waals surface area contributed by atoms with Crippen molar-refractivity contribution in [1.82, 2.24) is 4.57 Å². The first-order valence-corrected chi connectivity index (χ1v) is 19.5. The van der Waals surface area contributed by atoms with Crippen LogP contribution in [-0.4, -0.2) is 4.57 Å². The first kappa shape index (κ1) is 32.6. The van der Waals surface area contributed by atoms with E-state index < -0.39 is 5.41 Å². The summed E-state index contributed by atoms with van der Waals surface area (Å²) in [6.07, 6.45) is 7.33. The fourth-order valence-corrected chi connectivity index (χ4v) is 10.1. The standard InChI is InChI=1S/C53H40N2O/c1-4-18-38(34-36-33-35-19-8-10-24-41(35)52(36,2)3)54(37-20-6-5-7-21-37)48-31-17-28-45-51(48)56-49-32-15-12-26-43(49)53(45)42-25-11-14-30-47(42)55-46-29-13-9-22-39(46)40-23-16-27-44(53)50(40)55/h4-32,34H,1,33H2,2-3H3/b36-34+,38-18+. The van der Waals surface area contributed by atoms with Crippen molar-refractivity contribution >= 4 is 33.2 Å². The summed E-state index contributed by atoms with van der Waals surface area (Å²) in [6.45, 7) is 8.92. The maximum absolute atomic E-state index is 7.26. The van der Waals surface area contributed by atoms with Gasteiger partial charge in [0.15, 0.2) is 5.75 Å². The van der Waals surface area contributed by atoms with Gasteiger partial charge in [0.05, 0.1) is 27.8 Å². The van der Waals surface area contributed by atoms with Gasteiger partial charge >= 0.3 is 0 Å². The molecular weight excluding hydrogens is 681 g/mol. The van der Waals surface area contributed by atoms with E-state index in [1.54, 1.807) is 0 Å². The summed E-state index contributed by atoms with van der Waals surface area (Å²) in [6, 6.07) is 59.5. The number of rotatable bonds is 5. The normalized spacial score (nSPS) is 18.0. The number of hydrogen-bond donors (Lipinski definition) is 0. The molecule has 8 aromatic rings. The van der Waals surface area contributed by atoms with Gasteiger partial charge in [-0.2, -0.15) is 0 Å². The molecular formula is C53H40N2O. The Kier molecular flexibility index (Phi) is 7.03. The Balaban J connectivity index is 1.22. The second-order valence-corrected chi connectivity index (χ2v) is 15.7. The van der Waals surface area contributed by atoms with Crippen molar-refractivity contribution in [3.63, 3.8) is 0 Å². The van der Waals surface area contributed by atoms with Gasteiger partial charge in [0, 0.05) is 38.7 Å². The van der Waals surface area contributed by atoms with Gasteiger partial charge in [0.2, 0.25) is 0 Å². The van der Waals surface area contributed by atoms with Gasteiger partial charge in [0.25, 0.3) is 0 Å². The molecule has 0 saturated carbocycles. The number of hydrogen-bond acceptors (Lipinski definition) is 2. The minimum Gasteiger partial charge on any atom is -0.454 e. The van der Waals surface area contributed by atoms with E-state index in [0.717, 1.165) is 46.1 Å². The third kappa shape index (κ3) is 4.34. The SMILES string of the molecule is C=C/C=C(\C=C1/Cc2ccccc2C1(C)C)N(c1ccccc1)c1cccc2c1Oc1ccccc1C21c2ccccc2-n2c3ccccc3c3cccc1c32. The van der Waals surface area contributed by atoms with Gasteiger partial charge in [-0.3, -0.25) is 0 Å². The van der Waals surface area contributed by atoms with E-state index in [4.69, 9.17) is 4.74 Å². The zero-order chi connectivity index (χ0) is 37.6. The molecule has 3 heteroatoms. The second-order valence-electron chi connectivity index (χ2n) is 15.7. The van der Waals surface area contributed by atoms with Crippen molar-refractivity contribution < 1.29 is 4.74 Å². The summed E-state index contributed by atoms with van der Waals surface area (Å²) in [4.78, 5) is 2.36. The highest BCUT2D eigenvalue weighted by Gasteiger charge is 2.51. The Morgan fingerprint density at radius 1 is 0.643 bits per heavy atom. The molecule has 56 heavy (non-hydrogen) atoms. The van der Waals surface area contributed by atoms with Gasteiger partial charge in [-0.25, -0.2) is 0 Å². The Morgan fingerprint density at radius 2 is 1.30 bits per heavy atom. The fourth-order valence-electron chi connectivity index (χ4n) is 10.1. The molecule has 3 heterocycles. The molecule has 3 aliphatic rings. The van der Waals surface area contributed by atoms with Crippen LogP contribution in [-0.2, 0) is 17.3 Å². The van der Waals surface area contributed by atoms with Gasteiger partial charge in [-0.05, 0) is 77.2 Å². The summed E-state index contributed by atoms with van der Waals surface area (Å²) >= 11 is 0. The van der Waals surface area contributed by atoms with E-state index in [-0.39, 0.29) is 5.41 Å². The molecule has 0 radical (unpaired) electrons. The third-order valence-electron chi connectivity index (χ3n) is 12.5. The number of nitrogens with zero attached hydrogens (tertiary/aromatic N) is 2. The molecule has 268 valence electrons. The molecule has 0 bridgehead atoms. The summed E-state index contributed by atoms with van der Waals surface area (Å²) in [7, 11) is 0. The van der Waals surface area contributed by atoms with Crippen molar-refractivity contribution in [2.24, 2.45) is 0 Å². The lowest BCUT2D eigenvalue weighted by atomic mass is 9.61. The monoisotopic (exact) mass is 720 g/mol. The summed E-state index contributed by atoms with van der Waals surface area (Å²) in [5.74, 6) is 1.70. The van der Waals surface area contributed by atoms with Gasteiger partial charge < -0.3 is 14.2 Å². The Morgan fingerprint density at radius 3 is 2.14 bits per heavy atom.